The smallest absolute Gasteiger partial charge is 0.266 e. The van der Waals surface area contributed by atoms with Crippen molar-refractivity contribution in [3.63, 3.8) is 0 Å². The highest BCUT2D eigenvalue weighted by Gasteiger charge is 2.23. The zero-order valence-corrected chi connectivity index (χ0v) is 13.9. The summed E-state index contributed by atoms with van der Waals surface area (Å²) >= 11 is 6.04. The van der Waals surface area contributed by atoms with Gasteiger partial charge in [0.1, 0.15) is 10.6 Å². The third-order valence-electron chi connectivity index (χ3n) is 3.34. The molecule has 0 bridgehead atoms. The van der Waals surface area contributed by atoms with Crippen LogP contribution in [0.25, 0.3) is 11.0 Å². The van der Waals surface area contributed by atoms with Crippen LogP contribution in [-0.2, 0) is 10.0 Å². The van der Waals surface area contributed by atoms with Crippen LogP contribution in [0.3, 0.4) is 0 Å². The quantitative estimate of drug-likeness (QED) is 0.775. The molecule has 1 aromatic heterocycles. The topological polar surface area (TPSA) is 81.4 Å². The standard InChI is InChI=1S/C15H13ClN2O4S/c1-9-7-13(21-2)14(8-11(9)16)23(19,20)18-15-10-5-3-4-6-12(10)22-17-15/h3-8H,1-2H3,(H,17,18). The first-order chi connectivity index (χ1) is 10.9. The molecule has 120 valence electrons. The van der Waals surface area contributed by atoms with Crippen molar-refractivity contribution in [1.82, 2.24) is 5.16 Å². The predicted molar refractivity (Wildman–Crippen MR) is 87.6 cm³/mol. The van der Waals surface area contributed by atoms with E-state index in [1.807, 2.05) is 0 Å². The molecule has 0 saturated carbocycles. The summed E-state index contributed by atoms with van der Waals surface area (Å²) in [5.74, 6) is 0.312. The zero-order chi connectivity index (χ0) is 16.6. The van der Waals surface area contributed by atoms with Gasteiger partial charge in [-0.25, -0.2) is 8.42 Å². The van der Waals surface area contributed by atoms with Crippen LogP contribution in [0.15, 0.2) is 45.8 Å². The fraction of sp³-hybridized carbons (Fsp3) is 0.133. The Bertz CT molecular complexity index is 982. The first kappa shape index (κ1) is 15.6. The maximum atomic E-state index is 12.7. The van der Waals surface area contributed by atoms with E-state index >= 15 is 0 Å². The van der Waals surface area contributed by atoms with Crippen LogP contribution in [0, 0.1) is 6.92 Å². The molecular formula is C15H13ClN2O4S. The molecule has 0 unspecified atom stereocenters. The Morgan fingerprint density at radius 3 is 2.74 bits per heavy atom. The van der Waals surface area contributed by atoms with Gasteiger partial charge in [-0.1, -0.05) is 28.9 Å². The Labute approximate surface area is 138 Å². The summed E-state index contributed by atoms with van der Waals surface area (Å²) in [6, 6.07) is 9.86. The number of aryl methyl sites for hydroxylation is 1. The van der Waals surface area contributed by atoms with Crippen molar-refractivity contribution in [1.29, 1.82) is 0 Å². The van der Waals surface area contributed by atoms with Crippen molar-refractivity contribution in [2.45, 2.75) is 11.8 Å². The minimum Gasteiger partial charge on any atom is -0.495 e. The monoisotopic (exact) mass is 352 g/mol. The number of rotatable bonds is 4. The SMILES string of the molecule is COc1cc(C)c(Cl)cc1S(=O)(=O)Nc1noc2ccccc12. The highest BCUT2D eigenvalue weighted by Crippen LogP contribution is 2.32. The molecule has 0 spiro atoms. The summed E-state index contributed by atoms with van der Waals surface area (Å²) in [4.78, 5) is -0.0670. The lowest BCUT2D eigenvalue weighted by Crippen LogP contribution is -2.14. The molecule has 8 heteroatoms. The molecule has 6 nitrogen and oxygen atoms in total. The van der Waals surface area contributed by atoms with Crippen LogP contribution in [0.4, 0.5) is 5.82 Å². The van der Waals surface area contributed by atoms with Gasteiger partial charge < -0.3 is 9.26 Å². The van der Waals surface area contributed by atoms with Crippen molar-refractivity contribution < 1.29 is 17.7 Å². The van der Waals surface area contributed by atoms with Gasteiger partial charge in [0.15, 0.2) is 11.4 Å². The molecule has 0 aliphatic heterocycles. The third-order valence-corrected chi connectivity index (χ3v) is 5.11. The average Bonchev–Trinajstić information content (AvgIpc) is 2.92. The molecule has 1 heterocycles. The number of anilines is 1. The number of hydrogen-bond donors (Lipinski definition) is 1. The van der Waals surface area contributed by atoms with Gasteiger partial charge in [0.25, 0.3) is 10.0 Å². The molecular weight excluding hydrogens is 340 g/mol. The van der Waals surface area contributed by atoms with Crippen molar-refractivity contribution in [2.24, 2.45) is 0 Å². The molecule has 0 fully saturated rings. The second kappa shape index (κ2) is 5.75. The van der Waals surface area contributed by atoms with E-state index in [9.17, 15) is 8.42 Å². The normalized spacial score (nSPS) is 11.6. The number of methoxy groups -OCH3 is 1. The number of aromatic nitrogens is 1. The number of benzene rings is 2. The predicted octanol–water partition coefficient (Wildman–Crippen LogP) is 3.60. The van der Waals surface area contributed by atoms with Gasteiger partial charge in [-0.3, -0.25) is 4.72 Å². The number of fused-ring (bicyclic) bond motifs is 1. The summed E-state index contributed by atoms with van der Waals surface area (Å²) in [6.07, 6.45) is 0. The number of nitrogens with one attached hydrogen (secondary N) is 1. The number of para-hydroxylation sites is 1. The Kier molecular flexibility index (Phi) is 3.91. The summed E-state index contributed by atoms with van der Waals surface area (Å²) in [7, 11) is -2.54. The van der Waals surface area contributed by atoms with E-state index in [1.54, 1.807) is 37.3 Å². The Balaban J connectivity index is 2.07. The second-order valence-corrected chi connectivity index (χ2v) is 6.94. The van der Waals surface area contributed by atoms with Crippen LogP contribution < -0.4 is 9.46 Å². The number of nitrogens with zero attached hydrogens (tertiary/aromatic N) is 1. The Morgan fingerprint density at radius 2 is 2.00 bits per heavy atom. The number of halogens is 1. The molecule has 0 amide bonds. The molecule has 3 aromatic rings. The second-order valence-electron chi connectivity index (χ2n) is 4.89. The van der Waals surface area contributed by atoms with Crippen molar-refractivity contribution in [2.75, 3.05) is 11.8 Å². The third kappa shape index (κ3) is 2.85. The average molecular weight is 353 g/mol. The fourth-order valence-corrected chi connectivity index (χ4v) is 3.57. The van der Waals surface area contributed by atoms with E-state index in [-0.39, 0.29) is 16.5 Å². The first-order valence-corrected chi connectivity index (χ1v) is 8.50. The maximum absolute atomic E-state index is 12.7. The molecule has 0 aliphatic carbocycles. The first-order valence-electron chi connectivity index (χ1n) is 6.64. The van der Waals surface area contributed by atoms with E-state index in [0.717, 1.165) is 0 Å². The Hall–Kier alpha value is -2.25. The van der Waals surface area contributed by atoms with Gasteiger partial charge in [-0.15, -0.1) is 0 Å². The van der Waals surface area contributed by atoms with E-state index in [0.29, 0.717) is 21.6 Å². The van der Waals surface area contributed by atoms with Crippen LogP contribution in [-0.4, -0.2) is 20.7 Å². The van der Waals surface area contributed by atoms with Gasteiger partial charge in [0.2, 0.25) is 0 Å². The molecule has 1 N–H and O–H groups in total. The highest BCUT2D eigenvalue weighted by molar-refractivity contribution is 7.92. The molecule has 3 rings (SSSR count). The van der Waals surface area contributed by atoms with Crippen LogP contribution >= 0.6 is 11.6 Å². The molecule has 23 heavy (non-hydrogen) atoms. The van der Waals surface area contributed by atoms with Crippen LogP contribution in [0.1, 0.15) is 5.56 Å². The number of hydrogen-bond acceptors (Lipinski definition) is 5. The maximum Gasteiger partial charge on any atom is 0.266 e. The van der Waals surface area contributed by atoms with E-state index in [4.69, 9.17) is 20.9 Å². The summed E-state index contributed by atoms with van der Waals surface area (Å²) < 4.78 is 38.0. The number of sulfonamides is 1. The summed E-state index contributed by atoms with van der Waals surface area (Å²) in [5.41, 5.74) is 1.20. The molecule has 0 radical (unpaired) electrons. The minimum atomic E-state index is -3.94. The molecule has 0 atom stereocenters. The van der Waals surface area contributed by atoms with Crippen LogP contribution in [0.2, 0.25) is 5.02 Å². The van der Waals surface area contributed by atoms with Gasteiger partial charge in [0.05, 0.1) is 12.5 Å². The molecule has 2 aromatic carbocycles. The lowest BCUT2D eigenvalue weighted by Gasteiger charge is -2.12. The van der Waals surface area contributed by atoms with Gasteiger partial charge in [0, 0.05) is 5.02 Å². The largest absolute Gasteiger partial charge is 0.495 e. The lowest BCUT2D eigenvalue weighted by atomic mass is 10.2. The fourth-order valence-electron chi connectivity index (χ4n) is 2.15. The van der Waals surface area contributed by atoms with E-state index in [2.05, 4.69) is 9.88 Å². The van der Waals surface area contributed by atoms with Crippen molar-refractivity contribution in [3.8, 4) is 5.75 Å². The van der Waals surface area contributed by atoms with Gasteiger partial charge in [-0.05, 0) is 36.8 Å². The minimum absolute atomic E-state index is 0.0670. The van der Waals surface area contributed by atoms with E-state index < -0.39 is 10.0 Å². The Morgan fingerprint density at radius 1 is 1.26 bits per heavy atom. The molecule has 0 aliphatic rings. The van der Waals surface area contributed by atoms with Gasteiger partial charge >= 0.3 is 0 Å². The van der Waals surface area contributed by atoms with Crippen molar-refractivity contribution >= 4 is 38.4 Å². The van der Waals surface area contributed by atoms with Gasteiger partial charge in [-0.2, -0.15) is 0 Å². The lowest BCUT2D eigenvalue weighted by molar-refractivity contribution is 0.402. The van der Waals surface area contributed by atoms with Crippen LogP contribution in [0.5, 0.6) is 5.75 Å². The molecule has 0 saturated heterocycles. The zero-order valence-electron chi connectivity index (χ0n) is 12.3. The summed E-state index contributed by atoms with van der Waals surface area (Å²) in [6.45, 7) is 1.76. The number of ether oxygens (including phenoxy) is 1. The highest BCUT2D eigenvalue weighted by atomic mass is 35.5. The van der Waals surface area contributed by atoms with E-state index in [1.165, 1.54) is 13.2 Å². The summed E-state index contributed by atoms with van der Waals surface area (Å²) in [5, 5.41) is 4.66. The van der Waals surface area contributed by atoms with Crippen molar-refractivity contribution in [3.05, 3.63) is 47.0 Å².